The molecule has 0 amide bonds. The van der Waals surface area contributed by atoms with Gasteiger partial charge in [0.15, 0.2) is 11.9 Å². The second-order valence-electron chi connectivity index (χ2n) is 10.4. The molecule has 3 aromatic carbocycles. The molecule has 178 valence electrons. The summed E-state index contributed by atoms with van der Waals surface area (Å²) in [4.78, 5) is 3.85. The first kappa shape index (κ1) is 22.6. The monoisotopic (exact) mass is 471 g/mol. The standard InChI is InChI=1S/C33H31N2O/c1-20-17-21(2)30(28-18-26(22(3)19-35(28)5)23-11-9-10-12-23)33-29(20)25-15-16-27(34-4)31(32(25)36-33)24-13-7-6-8-14-24/h6-8,13-19,23H,9-12H2,1-3,5H3/q+1. The predicted octanol–water partition coefficient (Wildman–Crippen LogP) is 8.88. The Bertz CT molecular complexity index is 1680. The molecule has 0 bridgehead atoms. The van der Waals surface area contributed by atoms with Crippen molar-refractivity contribution in [2.24, 2.45) is 7.05 Å². The average Bonchev–Trinajstić information content (AvgIpc) is 3.53. The molecular formula is C33H31N2O+. The number of hydrogen-bond donors (Lipinski definition) is 0. The number of hydrogen-bond acceptors (Lipinski definition) is 1. The molecule has 0 N–H and O–H groups in total. The van der Waals surface area contributed by atoms with E-state index in [0.29, 0.717) is 11.6 Å². The summed E-state index contributed by atoms with van der Waals surface area (Å²) in [6.07, 6.45) is 7.48. The van der Waals surface area contributed by atoms with E-state index in [1.807, 2.05) is 24.3 Å². The first-order valence-corrected chi connectivity index (χ1v) is 12.9. The summed E-state index contributed by atoms with van der Waals surface area (Å²) in [6.45, 7) is 14.4. The lowest BCUT2D eigenvalue weighted by Gasteiger charge is -2.15. The van der Waals surface area contributed by atoms with Gasteiger partial charge in [0.05, 0.1) is 12.1 Å². The molecule has 0 atom stereocenters. The minimum atomic E-state index is 0.619. The van der Waals surface area contributed by atoms with Crippen LogP contribution in [0.15, 0.2) is 65.2 Å². The van der Waals surface area contributed by atoms with Gasteiger partial charge in [-0.1, -0.05) is 61.4 Å². The van der Waals surface area contributed by atoms with Gasteiger partial charge < -0.3 is 4.42 Å². The number of rotatable bonds is 3. The van der Waals surface area contributed by atoms with Crippen LogP contribution in [-0.2, 0) is 7.05 Å². The highest BCUT2D eigenvalue weighted by Gasteiger charge is 2.27. The lowest BCUT2D eigenvalue weighted by Crippen LogP contribution is -2.32. The van der Waals surface area contributed by atoms with Gasteiger partial charge in [0.25, 0.3) is 0 Å². The van der Waals surface area contributed by atoms with Crippen LogP contribution in [0.4, 0.5) is 5.69 Å². The molecule has 6 rings (SSSR count). The Hall–Kier alpha value is -3.90. The second-order valence-corrected chi connectivity index (χ2v) is 10.4. The molecule has 0 unspecified atom stereocenters. The number of aryl methyl sites for hydroxylation is 4. The van der Waals surface area contributed by atoms with E-state index < -0.39 is 0 Å². The largest absolute Gasteiger partial charge is 0.456 e. The van der Waals surface area contributed by atoms with Crippen molar-refractivity contribution in [3.63, 3.8) is 0 Å². The van der Waals surface area contributed by atoms with Crippen LogP contribution in [-0.4, -0.2) is 0 Å². The minimum Gasteiger partial charge on any atom is -0.456 e. The zero-order valence-electron chi connectivity index (χ0n) is 21.5. The van der Waals surface area contributed by atoms with Gasteiger partial charge in [0.1, 0.15) is 18.2 Å². The van der Waals surface area contributed by atoms with Crippen LogP contribution in [0, 0.1) is 27.3 Å². The topological polar surface area (TPSA) is 21.4 Å². The number of benzene rings is 3. The Morgan fingerprint density at radius 2 is 1.61 bits per heavy atom. The van der Waals surface area contributed by atoms with Crippen molar-refractivity contribution in [3.8, 4) is 22.4 Å². The van der Waals surface area contributed by atoms with E-state index in [9.17, 15) is 0 Å². The summed E-state index contributed by atoms with van der Waals surface area (Å²) in [5.41, 5.74) is 11.8. The van der Waals surface area contributed by atoms with Crippen molar-refractivity contribution in [2.75, 3.05) is 0 Å². The van der Waals surface area contributed by atoms with Crippen LogP contribution in [0.2, 0.25) is 0 Å². The van der Waals surface area contributed by atoms with E-state index in [1.54, 1.807) is 0 Å². The molecule has 1 aliphatic carbocycles. The van der Waals surface area contributed by atoms with Gasteiger partial charge in [-0.2, -0.15) is 0 Å². The fourth-order valence-electron chi connectivity index (χ4n) is 6.38. The highest BCUT2D eigenvalue weighted by Crippen LogP contribution is 2.46. The maximum Gasteiger partial charge on any atom is 0.216 e. The van der Waals surface area contributed by atoms with Gasteiger partial charge in [0.2, 0.25) is 5.69 Å². The maximum absolute atomic E-state index is 7.83. The average molecular weight is 472 g/mol. The predicted molar refractivity (Wildman–Crippen MR) is 147 cm³/mol. The summed E-state index contributed by atoms with van der Waals surface area (Å²) in [6, 6.07) is 18.9. The van der Waals surface area contributed by atoms with E-state index in [4.69, 9.17) is 11.0 Å². The van der Waals surface area contributed by atoms with Crippen LogP contribution in [0.5, 0.6) is 0 Å². The molecule has 1 fully saturated rings. The SMILES string of the molecule is [C-]#[N+]c1ccc2c(oc3c(-c4cc(C5CCCC5)c(C)c[n+]4C)c(C)cc(C)c32)c1-c1ccccc1. The Morgan fingerprint density at radius 3 is 2.33 bits per heavy atom. The van der Waals surface area contributed by atoms with Crippen molar-refractivity contribution in [1.82, 2.24) is 0 Å². The number of aromatic nitrogens is 1. The molecule has 0 spiro atoms. The molecule has 36 heavy (non-hydrogen) atoms. The molecular weight excluding hydrogens is 440 g/mol. The molecule has 3 heteroatoms. The van der Waals surface area contributed by atoms with Gasteiger partial charge in [-0.25, -0.2) is 9.41 Å². The normalized spacial score (nSPS) is 14.1. The number of furan rings is 1. The van der Waals surface area contributed by atoms with E-state index >= 15 is 0 Å². The Kier molecular flexibility index (Phi) is 5.41. The molecule has 1 aliphatic rings. The zero-order chi connectivity index (χ0) is 25.0. The molecule has 5 aromatic rings. The molecule has 0 saturated heterocycles. The molecule has 2 aromatic heterocycles. The van der Waals surface area contributed by atoms with E-state index in [-0.39, 0.29) is 0 Å². The summed E-state index contributed by atoms with van der Waals surface area (Å²) in [5.74, 6) is 0.646. The van der Waals surface area contributed by atoms with Gasteiger partial charge in [-0.15, -0.1) is 0 Å². The van der Waals surface area contributed by atoms with Crippen LogP contribution in [0.3, 0.4) is 0 Å². The Labute approximate surface area is 212 Å². The Morgan fingerprint density at radius 1 is 0.861 bits per heavy atom. The highest BCUT2D eigenvalue weighted by molar-refractivity contribution is 6.16. The Balaban J connectivity index is 1.70. The molecule has 3 nitrogen and oxygen atoms in total. The van der Waals surface area contributed by atoms with Crippen molar-refractivity contribution >= 4 is 27.6 Å². The highest BCUT2D eigenvalue weighted by atomic mass is 16.3. The van der Waals surface area contributed by atoms with Crippen LogP contribution < -0.4 is 4.57 Å². The summed E-state index contributed by atoms with van der Waals surface area (Å²) in [7, 11) is 2.14. The smallest absolute Gasteiger partial charge is 0.216 e. The number of pyridine rings is 1. The summed E-state index contributed by atoms with van der Waals surface area (Å²) < 4.78 is 9.07. The fraction of sp³-hybridized carbons (Fsp3) is 0.273. The van der Waals surface area contributed by atoms with Gasteiger partial charge in [0, 0.05) is 28.0 Å². The molecule has 1 saturated carbocycles. The molecule has 0 radical (unpaired) electrons. The molecule has 2 heterocycles. The second kappa shape index (κ2) is 8.64. The van der Waals surface area contributed by atoms with E-state index in [1.165, 1.54) is 53.6 Å². The first-order valence-electron chi connectivity index (χ1n) is 12.9. The quantitative estimate of drug-likeness (QED) is 0.190. The maximum atomic E-state index is 7.83. The summed E-state index contributed by atoms with van der Waals surface area (Å²) in [5, 5.41) is 2.21. The zero-order valence-corrected chi connectivity index (χ0v) is 21.5. The lowest BCUT2D eigenvalue weighted by molar-refractivity contribution is -0.660. The van der Waals surface area contributed by atoms with Crippen molar-refractivity contribution < 1.29 is 8.98 Å². The van der Waals surface area contributed by atoms with E-state index in [2.05, 4.69) is 73.8 Å². The van der Waals surface area contributed by atoms with Crippen molar-refractivity contribution in [2.45, 2.75) is 52.4 Å². The van der Waals surface area contributed by atoms with Gasteiger partial charge >= 0.3 is 0 Å². The number of fused-ring (bicyclic) bond motifs is 3. The van der Waals surface area contributed by atoms with Gasteiger partial charge in [-0.05, 0) is 61.8 Å². The third-order valence-electron chi connectivity index (χ3n) is 8.03. The molecule has 0 aliphatic heterocycles. The third-order valence-corrected chi connectivity index (χ3v) is 8.03. The third kappa shape index (κ3) is 3.44. The lowest BCUT2D eigenvalue weighted by atomic mass is 9.91. The van der Waals surface area contributed by atoms with Crippen LogP contribution >= 0.6 is 0 Å². The fourth-order valence-corrected chi connectivity index (χ4v) is 6.38. The van der Waals surface area contributed by atoms with Gasteiger partial charge in [-0.3, -0.25) is 0 Å². The minimum absolute atomic E-state index is 0.619. The van der Waals surface area contributed by atoms with Crippen molar-refractivity contribution in [3.05, 3.63) is 94.5 Å². The van der Waals surface area contributed by atoms with E-state index in [0.717, 1.165) is 38.6 Å². The van der Waals surface area contributed by atoms with Crippen molar-refractivity contribution in [1.29, 1.82) is 0 Å². The first-order chi connectivity index (χ1) is 17.5. The van der Waals surface area contributed by atoms with Crippen LogP contribution in [0.1, 0.15) is 53.9 Å². The van der Waals surface area contributed by atoms with Crippen LogP contribution in [0.25, 0.3) is 49.2 Å². The number of nitrogens with zero attached hydrogens (tertiary/aromatic N) is 2. The summed E-state index contributed by atoms with van der Waals surface area (Å²) >= 11 is 0.